The van der Waals surface area contributed by atoms with Gasteiger partial charge in [-0.2, -0.15) is 0 Å². The van der Waals surface area contributed by atoms with Crippen LogP contribution in [0.2, 0.25) is 0 Å². The summed E-state index contributed by atoms with van der Waals surface area (Å²) in [6, 6.07) is 8.46. The summed E-state index contributed by atoms with van der Waals surface area (Å²) in [4.78, 5) is 0. The molecule has 0 bridgehead atoms. The molecule has 2 rings (SSSR count). The molecule has 17 heavy (non-hydrogen) atoms. The average molecular weight is 233 g/mol. The number of ether oxygens (including phenoxy) is 1. The molecule has 0 amide bonds. The quantitative estimate of drug-likeness (QED) is 0.863. The fourth-order valence-electron chi connectivity index (χ4n) is 2.65. The zero-order valence-corrected chi connectivity index (χ0v) is 10.9. The van der Waals surface area contributed by atoms with Crippen LogP contribution in [0.3, 0.4) is 0 Å². The largest absolute Gasteiger partial charge is 0.497 e. The van der Waals surface area contributed by atoms with E-state index in [1.165, 1.54) is 37.9 Å². The predicted molar refractivity (Wildman–Crippen MR) is 71.5 cm³/mol. The van der Waals surface area contributed by atoms with Crippen molar-refractivity contribution in [2.75, 3.05) is 20.2 Å². The number of piperidine rings is 1. The second-order valence-electron chi connectivity index (χ2n) is 5.25. The molecule has 0 aliphatic carbocycles. The van der Waals surface area contributed by atoms with Crippen LogP contribution in [-0.2, 0) is 6.42 Å². The van der Waals surface area contributed by atoms with Gasteiger partial charge in [-0.15, -0.1) is 0 Å². The van der Waals surface area contributed by atoms with Crippen molar-refractivity contribution >= 4 is 0 Å². The molecule has 1 aliphatic heterocycles. The molecule has 2 nitrogen and oxygen atoms in total. The summed E-state index contributed by atoms with van der Waals surface area (Å²) in [5.41, 5.74) is 1.42. The number of benzene rings is 1. The molecule has 1 heterocycles. The molecule has 2 unspecified atom stereocenters. The van der Waals surface area contributed by atoms with Crippen LogP contribution in [0.1, 0.15) is 25.3 Å². The van der Waals surface area contributed by atoms with Crippen molar-refractivity contribution in [3.63, 3.8) is 0 Å². The van der Waals surface area contributed by atoms with E-state index in [9.17, 15) is 0 Å². The highest BCUT2D eigenvalue weighted by Crippen LogP contribution is 2.21. The van der Waals surface area contributed by atoms with Crippen LogP contribution in [-0.4, -0.2) is 20.2 Å². The summed E-state index contributed by atoms with van der Waals surface area (Å²) >= 11 is 0. The van der Waals surface area contributed by atoms with E-state index in [2.05, 4.69) is 36.5 Å². The van der Waals surface area contributed by atoms with Gasteiger partial charge in [-0.3, -0.25) is 0 Å². The van der Waals surface area contributed by atoms with E-state index >= 15 is 0 Å². The van der Waals surface area contributed by atoms with E-state index in [1.54, 1.807) is 7.11 Å². The highest BCUT2D eigenvalue weighted by Gasteiger charge is 2.17. The Hall–Kier alpha value is -1.02. The SMILES string of the molecule is COc1ccc(CCC2CNCC(C)C2)cc1. The van der Waals surface area contributed by atoms with Crippen LogP contribution in [0.15, 0.2) is 24.3 Å². The summed E-state index contributed by atoms with van der Waals surface area (Å²) in [5, 5.41) is 3.52. The Bertz CT molecular complexity index is 333. The number of rotatable bonds is 4. The standard InChI is InChI=1S/C15H23NO/c1-12-9-14(11-16-10-12)4-3-13-5-7-15(17-2)8-6-13/h5-8,12,14,16H,3-4,9-11H2,1-2H3. The molecule has 0 radical (unpaired) electrons. The molecule has 1 N–H and O–H groups in total. The fourth-order valence-corrected chi connectivity index (χ4v) is 2.65. The first-order valence-corrected chi connectivity index (χ1v) is 6.61. The van der Waals surface area contributed by atoms with Crippen molar-refractivity contribution in [2.24, 2.45) is 11.8 Å². The normalized spacial score (nSPS) is 24.6. The molecule has 1 fully saturated rings. The smallest absolute Gasteiger partial charge is 0.118 e. The van der Waals surface area contributed by atoms with Crippen LogP contribution < -0.4 is 10.1 Å². The first kappa shape index (κ1) is 12.4. The fraction of sp³-hybridized carbons (Fsp3) is 0.600. The van der Waals surface area contributed by atoms with Crippen molar-refractivity contribution in [3.8, 4) is 5.75 Å². The Balaban J connectivity index is 1.80. The maximum absolute atomic E-state index is 5.17. The Morgan fingerprint density at radius 1 is 1.24 bits per heavy atom. The lowest BCUT2D eigenvalue weighted by Gasteiger charge is -2.27. The minimum atomic E-state index is 0.838. The van der Waals surface area contributed by atoms with Crippen LogP contribution >= 0.6 is 0 Å². The van der Waals surface area contributed by atoms with E-state index in [4.69, 9.17) is 4.74 Å². The van der Waals surface area contributed by atoms with E-state index in [0.717, 1.165) is 17.6 Å². The van der Waals surface area contributed by atoms with Gasteiger partial charge in [0.2, 0.25) is 0 Å². The van der Waals surface area contributed by atoms with Crippen LogP contribution in [0.4, 0.5) is 0 Å². The van der Waals surface area contributed by atoms with Gasteiger partial charge in [0.1, 0.15) is 5.75 Å². The molecule has 0 saturated carbocycles. The van der Waals surface area contributed by atoms with Gasteiger partial charge >= 0.3 is 0 Å². The topological polar surface area (TPSA) is 21.3 Å². The maximum atomic E-state index is 5.17. The zero-order chi connectivity index (χ0) is 12.1. The van der Waals surface area contributed by atoms with Crippen molar-refractivity contribution < 1.29 is 4.74 Å². The summed E-state index contributed by atoms with van der Waals surface area (Å²) in [7, 11) is 1.71. The number of aryl methyl sites for hydroxylation is 1. The Labute approximate surface area is 104 Å². The molecule has 2 atom stereocenters. The molecule has 1 saturated heterocycles. The van der Waals surface area contributed by atoms with E-state index in [1.807, 2.05) is 0 Å². The Morgan fingerprint density at radius 3 is 2.65 bits per heavy atom. The van der Waals surface area contributed by atoms with E-state index in [-0.39, 0.29) is 0 Å². The van der Waals surface area contributed by atoms with Gasteiger partial charge in [-0.05, 0) is 61.9 Å². The van der Waals surface area contributed by atoms with Gasteiger partial charge in [-0.1, -0.05) is 19.1 Å². The van der Waals surface area contributed by atoms with Crippen molar-refractivity contribution in [1.82, 2.24) is 5.32 Å². The lowest BCUT2D eigenvalue weighted by atomic mass is 9.87. The molecule has 1 aliphatic rings. The van der Waals surface area contributed by atoms with Crippen LogP contribution in [0.5, 0.6) is 5.75 Å². The highest BCUT2D eigenvalue weighted by molar-refractivity contribution is 5.27. The molecule has 94 valence electrons. The van der Waals surface area contributed by atoms with E-state index in [0.29, 0.717) is 0 Å². The summed E-state index contributed by atoms with van der Waals surface area (Å²) in [5.74, 6) is 2.63. The van der Waals surface area contributed by atoms with Gasteiger partial charge in [0.05, 0.1) is 7.11 Å². The predicted octanol–water partition coefficient (Wildman–Crippen LogP) is 2.87. The van der Waals surface area contributed by atoms with Gasteiger partial charge in [0, 0.05) is 0 Å². The van der Waals surface area contributed by atoms with Crippen molar-refractivity contribution in [1.29, 1.82) is 0 Å². The number of nitrogens with one attached hydrogen (secondary N) is 1. The van der Waals surface area contributed by atoms with Gasteiger partial charge in [0.15, 0.2) is 0 Å². The zero-order valence-electron chi connectivity index (χ0n) is 10.9. The number of hydrogen-bond donors (Lipinski definition) is 1. The van der Waals surface area contributed by atoms with Crippen molar-refractivity contribution in [3.05, 3.63) is 29.8 Å². The first-order chi connectivity index (χ1) is 8.28. The minimum absolute atomic E-state index is 0.838. The molecule has 1 aromatic rings. The van der Waals surface area contributed by atoms with Crippen LogP contribution in [0.25, 0.3) is 0 Å². The molecular weight excluding hydrogens is 210 g/mol. The van der Waals surface area contributed by atoms with Gasteiger partial charge < -0.3 is 10.1 Å². The maximum Gasteiger partial charge on any atom is 0.118 e. The van der Waals surface area contributed by atoms with Gasteiger partial charge in [-0.25, -0.2) is 0 Å². The third-order valence-corrected chi connectivity index (χ3v) is 3.66. The average Bonchev–Trinajstić information content (AvgIpc) is 2.37. The second kappa shape index (κ2) is 6.06. The summed E-state index contributed by atoms with van der Waals surface area (Å²) in [6.07, 6.45) is 3.86. The first-order valence-electron chi connectivity index (χ1n) is 6.61. The molecule has 0 aromatic heterocycles. The Kier molecular flexibility index (Phi) is 4.43. The van der Waals surface area contributed by atoms with Gasteiger partial charge in [0.25, 0.3) is 0 Å². The van der Waals surface area contributed by atoms with Crippen LogP contribution in [0, 0.1) is 11.8 Å². The second-order valence-corrected chi connectivity index (χ2v) is 5.25. The highest BCUT2D eigenvalue weighted by atomic mass is 16.5. The summed E-state index contributed by atoms with van der Waals surface area (Å²) < 4.78 is 5.17. The Morgan fingerprint density at radius 2 is 2.00 bits per heavy atom. The molecule has 2 heteroatoms. The minimum Gasteiger partial charge on any atom is -0.497 e. The lowest BCUT2D eigenvalue weighted by molar-refractivity contribution is 0.289. The third-order valence-electron chi connectivity index (χ3n) is 3.66. The molecule has 0 spiro atoms. The lowest BCUT2D eigenvalue weighted by Crippen LogP contribution is -2.35. The number of hydrogen-bond acceptors (Lipinski definition) is 2. The number of methoxy groups -OCH3 is 1. The van der Waals surface area contributed by atoms with Crippen molar-refractivity contribution in [2.45, 2.75) is 26.2 Å². The monoisotopic (exact) mass is 233 g/mol. The molecular formula is C15H23NO. The van der Waals surface area contributed by atoms with E-state index < -0.39 is 0 Å². The molecule has 1 aromatic carbocycles. The summed E-state index contributed by atoms with van der Waals surface area (Å²) in [6.45, 7) is 4.73. The third kappa shape index (κ3) is 3.74.